The van der Waals surface area contributed by atoms with Gasteiger partial charge in [-0.05, 0) is 28.9 Å². The van der Waals surface area contributed by atoms with Gasteiger partial charge in [0.1, 0.15) is 5.82 Å². The Morgan fingerprint density at radius 2 is 2.31 bits per heavy atom. The molecule has 1 aromatic heterocycles. The maximum absolute atomic E-state index is 13.2. The first-order valence-corrected chi connectivity index (χ1v) is 4.56. The fraction of sp³-hybridized carbons (Fsp3) is 0.375. The Kier molecular flexibility index (Phi) is 3.35. The van der Waals surface area contributed by atoms with Crippen molar-refractivity contribution in [3.05, 3.63) is 28.2 Å². The van der Waals surface area contributed by atoms with E-state index in [1.165, 1.54) is 19.2 Å². The van der Waals surface area contributed by atoms with Gasteiger partial charge in [0.2, 0.25) is 0 Å². The van der Waals surface area contributed by atoms with Crippen molar-refractivity contribution in [2.24, 2.45) is 5.73 Å². The maximum atomic E-state index is 13.2. The molecule has 0 unspecified atom stereocenters. The van der Waals surface area contributed by atoms with Crippen LogP contribution in [0.4, 0.5) is 4.39 Å². The molecule has 5 heteroatoms. The van der Waals surface area contributed by atoms with Gasteiger partial charge < -0.3 is 10.8 Å². The Morgan fingerprint density at radius 3 is 2.77 bits per heavy atom. The summed E-state index contributed by atoms with van der Waals surface area (Å²) >= 11 is 3.08. The van der Waals surface area contributed by atoms with E-state index in [-0.39, 0.29) is 5.69 Å². The first-order valence-electron chi connectivity index (χ1n) is 3.77. The van der Waals surface area contributed by atoms with Crippen LogP contribution in [-0.4, -0.2) is 16.2 Å². The fourth-order valence-corrected chi connectivity index (χ4v) is 1.20. The molecule has 0 aromatic carbocycles. The summed E-state index contributed by atoms with van der Waals surface area (Å²) in [5.41, 5.74) is 5.60. The molecule has 0 fully saturated rings. The minimum absolute atomic E-state index is 0.0817. The lowest BCUT2D eigenvalue weighted by Crippen LogP contribution is -2.25. The van der Waals surface area contributed by atoms with E-state index < -0.39 is 18.0 Å². The van der Waals surface area contributed by atoms with Gasteiger partial charge in [0, 0.05) is 10.7 Å². The van der Waals surface area contributed by atoms with Crippen LogP contribution in [0.2, 0.25) is 0 Å². The average molecular weight is 249 g/mol. The molecule has 3 N–H and O–H groups in total. The summed E-state index contributed by atoms with van der Waals surface area (Å²) in [7, 11) is 0. The lowest BCUT2D eigenvalue weighted by Gasteiger charge is -2.14. The van der Waals surface area contributed by atoms with Gasteiger partial charge >= 0.3 is 0 Å². The number of halogens is 2. The van der Waals surface area contributed by atoms with Crippen LogP contribution in [0.25, 0.3) is 0 Å². The number of hydrogen-bond acceptors (Lipinski definition) is 3. The van der Waals surface area contributed by atoms with Crippen LogP contribution in [0, 0.1) is 5.82 Å². The molecule has 13 heavy (non-hydrogen) atoms. The number of pyridine rings is 1. The normalized spacial score (nSPS) is 15.5. The standard InChI is InChI=1S/C8H10BrFN2O/c1-4(13)7(11)8-6(10)2-5(9)3-12-8/h2-4,7,13H,11H2,1H3/t4-,7-/m1/s1. The van der Waals surface area contributed by atoms with Gasteiger partial charge in [-0.25, -0.2) is 4.39 Å². The van der Waals surface area contributed by atoms with Gasteiger partial charge in [-0.3, -0.25) is 4.98 Å². The van der Waals surface area contributed by atoms with Crippen molar-refractivity contribution >= 4 is 15.9 Å². The van der Waals surface area contributed by atoms with Crippen LogP contribution < -0.4 is 5.73 Å². The van der Waals surface area contributed by atoms with Gasteiger partial charge in [0.25, 0.3) is 0 Å². The number of nitrogens with two attached hydrogens (primary N) is 1. The summed E-state index contributed by atoms with van der Waals surface area (Å²) in [6.45, 7) is 1.49. The zero-order valence-electron chi connectivity index (χ0n) is 7.04. The number of hydrogen-bond donors (Lipinski definition) is 2. The lowest BCUT2D eigenvalue weighted by molar-refractivity contribution is 0.160. The molecule has 1 heterocycles. The van der Waals surface area contributed by atoms with Crippen molar-refractivity contribution < 1.29 is 9.50 Å². The zero-order chi connectivity index (χ0) is 10.0. The number of aliphatic hydroxyl groups excluding tert-OH is 1. The summed E-state index contributed by atoms with van der Waals surface area (Å²) in [6.07, 6.45) is 0.629. The smallest absolute Gasteiger partial charge is 0.147 e. The molecule has 0 aliphatic heterocycles. The Hall–Kier alpha value is -0.520. The third-order valence-electron chi connectivity index (χ3n) is 1.67. The highest BCUT2D eigenvalue weighted by Crippen LogP contribution is 2.18. The van der Waals surface area contributed by atoms with E-state index in [4.69, 9.17) is 10.8 Å². The molecule has 2 atom stereocenters. The number of aromatic nitrogens is 1. The van der Waals surface area contributed by atoms with Crippen LogP contribution in [-0.2, 0) is 0 Å². The molecule has 0 bridgehead atoms. The van der Waals surface area contributed by atoms with Crippen LogP contribution in [0.3, 0.4) is 0 Å². The van der Waals surface area contributed by atoms with Crippen LogP contribution in [0.1, 0.15) is 18.7 Å². The van der Waals surface area contributed by atoms with Crippen molar-refractivity contribution in [2.75, 3.05) is 0 Å². The minimum Gasteiger partial charge on any atom is -0.391 e. The summed E-state index contributed by atoms with van der Waals surface area (Å²) in [6, 6.07) is 0.484. The molecule has 0 amide bonds. The maximum Gasteiger partial charge on any atom is 0.147 e. The van der Waals surface area contributed by atoms with Crippen LogP contribution >= 0.6 is 15.9 Å². The molecule has 0 saturated carbocycles. The van der Waals surface area contributed by atoms with Gasteiger partial charge in [-0.2, -0.15) is 0 Å². The number of nitrogens with zero attached hydrogens (tertiary/aromatic N) is 1. The Labute approximate surface area is 83.9 Å². The Balaban J connectivity index is 3.01. The first kappa shape index (κ1) is 10.6. The molecular formula is C8H10BrFN2O. The molecule has 0 radical (unpaired) electrons. The van der Waals surface area contributed by atoms with Crippen molar-refractivity contribution in [1.29, 1.82) is 0 Å². The minimum atomic E-state index is -0.817. The predicted molar refractivity (Wildman–Crippen MR) is 50.5 cm³/mol. The van der Waals surface area contributed by atoms with E-state index in [2.05, 4.69) is 20.9 Å². The monoisotopic (exact) mass is 248 g/mol. The van der Waals surface area contributed by atoms with E-state index in [1.54, 1.807) is 0 Å². The van der Waals surface area contributed by atoms with Crippen molar-refractivity contribution in [3.63, 3.8) is 0 Å². The summed E-state index contributed by atoms with van der Waals surface area (Å²) in [4.78, 5) is 3.79. The summed E-state index contributed by atoms with van der Waals surface area (Å²) in [5.74, 6) is -0.511. The molecule has 0 aliphatic carbocycles. The van der Waals surface area contributed by atoms with Gasteiger partial charge in [0.15, 0.2) is 0 Å². The van der Waals surface area contributed by atoms with Gasteiger partial charge in [-0.15, -0.1) is 0 Å². The average Bonchev–Trinajstić information content (AvgIpc) is 2.03. The first-order chi connectivity index (χ1) is 6.02. The quantitative estimate of drug-likeness (QED) is 0.832. The molecule has 1 aromatic rings. The molecule has 0 spiro atoms. The van der Waals surface area contributed by atoms with Gasteiger partial charge in [-0.1, -0.05) is 0 Å². The lowest BCUT2D eigenvalue weighted by atomic mass is 10.1. The second-order valence-electron chi connectivity index (χ2n) is 2.79. The SMILES string of the molecule is C[C@@H](O)[C@@H](N)c1ncc(Br)cc1F. The largest absolute Gasteiger partial charge is 0.391 e. The van der Waals surface area contributed by atoms with E-state index in [9.17, 15) is 4.39 Å². The molecule has 0 saturated heterocycles. The highest BCUT2D eigenvalue weighted by molar-refractivity contribution is 9.10. The molecule has 1 rings (SSSR count). The van der Waals surface area contributed by atoms with Crippen LogP contribution in [0.5, 0.6) is 0 Å². The predicted octanol–water partition coefficient (Wildman–Crippen LogP) is 1.36. The van der Waals surface area contributed by atoms with Gasteiger partial charge in [0.05, 0.1) is 17.8 Å². The molecular weight excluding hydrogens is 239 g/mol. The highest BCUT2D eigenvalue weighted by Gasteiger charge is 2.17. The fourth-order valence-electron chi connectivity index (χ4n) is 0.899. The van der Waals surface area contributed by atoms with Crippen molar-refractivity contribution in [1.82, 2.24) is 4.98 Å². The Bertz CT molecular complexity index is 306. The third-order valence-corrected chi connectivity index (χ3v) is 2.11. The molecule has 0 aliphatic rings. The van der Waals surface area contributed by atoms with Crippen molar-refractivity contribution in [3.8, 4) is 0 Å². The number of aliphatic hydroxyl groups is 1. The van der Waals surface area contributed by atoms with E-state index in [0.29, 0.717) is 4.47 Å². The van der Waals surface area contributed by atoms with Crippen LogP contribution in [0.15, 0.2) is 16.7 Å². The molecule has 72 valence electrons. The molecule has 3 nitrogen and oxygen atoms in total. The van der Waals surface area contributed by atoms with E-state index >= 15 is 0 Å². The number of rotatable bonds is 2. The van der Waals surface area contributed by atoms with Crippen molar-refractivity contribution in [2.45, 2.75) is 19.1 Å². The summed E-state index contributed by atoms with van der Waals surface area (Å²) < 4.78 is 13.7. The summed E-state index contributed by atoms with van der Waals surface area (Å²) in [5, 5.41) is 9.12. The topological polar surface area (TPSA) is 59.1 Å². The zero-order valence-corrected chi connectivity index (χ0v) is 8.62. The second-order valence-corrected chi connectivity index (χ2v) is 3.70. The Morgan fingerprint density at radius 1 is 1.69 bits per heavy atom. The van der Waals surface area contributed by atoms with E-state index in [0.717, 1.165) is 0 Å². The van der Waals surface area contributed by atoms with E-state index in [1.807, 2.05) is 0 Å². The second kappa shape index (κ2) is 4.13. The third kappa shape index (κ3) is 2.46. The highest BCUT2D eigenvalue weighted by atomic mass is 79.9.